The van der Waals surface area contributed by atoms with Crippen LogP contribution in [-0.4, -0.2) is 16.2 Å². The Labute approximate surface area is 118 Å². The molecule has 0 amide bonds. The molecule has 0 fully saturated rings. The molecule has 0 aliphatic carbocycles. The van der Waals surface area contributed by atoms with E-state index in [1.54, 1.807) is 12.1 Å². The summed E-state index contributed by atoms with van der Waals surface area (Å²) in [5.41, 5.74) is 2.55. The van der Waals surface area contributed by atoms with Gasteiger partial charge in [0.25, 0.3) is 0 Å². The summed E-state index contributed by atoms with van der Waals surface area (Å²) < 4.78 is 0. The van der Waals surface area contributed by atoms with Gasteiger partial charge in [0.05, 0.1) is 0 Å². The van der Waals surface area contributed by atoms with Crippen LogP contribution in [0.5, 0.6) is 5.75 Å². The second kappa shape index (κ2) is 6.24. The van der Waals surface area contributed by atoms with Crippen LogP contribution in [0.25, 0.3) is 11.1 Å². The van der Waals surface area contributed by atoms with Gasteiger partial charge in [-0.25, -0.2) is 4.79 Å². The quantitative estimate of drug-likeness (QED) is 0.860. The first kappa shape index (κ1) is 14.1. The fraction of sp³-hybridized carbons (Fsp3) is 0.235. The average molecular weight is 270 g/mol. The van der Waals surface area contributed by atoms with E-state index in [2.05, 4.69) is 6.92 Å². The third-order valence-electron chi connectivity index (χ3n) is 3.37. The molecular formula is C17H18O3. The molecule has 0 aliphatic rings. The number of phenols is 1. The Hall–Kier alpha value is -2.29. The Morgan fingerprint density at radius 3 is 2.45 bits per heavy atom. The van der Waals surface area contributed by atoms with E-state index in [0.29, 0.717) is 5.56 Å². The van der Waals surface area contributed by atoms with Gasteiger partial charge in [0.1, 0.15) is 11.3 Å². The fourth-order valence-electron chi connectivity index (χ4n) is 2.30. The molecule has 20 heavy (non-hydrogen) atoms. The van der Waals surface area contributed by atoms with Crippen LogP contribution in [0.15, 0.2) is 42.5 Å². The Balaban J connectivity index is 2.51. The maximum Gasteiger partial charge on any atom is 0.339 e. The second-order valence-electron chi connectivity index (χ2n) is 4.77. The molecule has 2 aromatic carbocycles. The summed E-state index contributed by atoms with van der Waals surface area (Å²) in [5, 5.41) is 19.3. The molecule has 0 heterocycles. The van der Waals surface area contributed by atoms with Crippen molar-refractivity contribution >= 4 is 5.97 Å². The minimum absolute atomic E-state index is 0.0622. The zero-order valence-corrected chi connectivity index (χ0v) is 11.5. The van der Waals surface area contributed by atoms with Gasteiger partial charge in [-0.1, -0.05) is 49.7 Å². The Morgan fingerprint density at radius 1 is 1.05 bits per heavy atom. The van der Waals surface area contributed by atoms with Gasteiger partial charge < -0.3 is 10.2 Å². The third kappa shape index (κ3) is 2.82. The van der Waals surface area contributed by atoms with Gasteiger partial charge >= 0.3 is 5.97 Å². The topological polar surface area (TPSA) is 57.5 Å². The maximum atomic E-state index is 11.1. The van der Waals surface area contributed by atoms with Gasteiger partial charge in [-0.3, -0.25) is 0 Å². The smallest absolute Gasteiger partial charge is 0.339 e. The lowest BCUT2D eigenvalue weighted by molar-refractivity contribution is 0.0694. The molecule has 0 radical (unpaired) electrons. The highest BCUT2D eigenvalue weighted by molar-refractivity contribution is 5.94. The van der Waals surface area contributed by atoms with Crippen LogP contribution >= 0.6 is 0 Å². The van der Waals surface area contributed by atoms with Crippen LogP contribution in [0.4, 0.5) is 0 Å². The Bertz CT molecular complexity index is 617. The SMILES string of the molecule is CCCCc1ccccc1-c1cccc(C(=O)O)c1O. The summed E-state index contributed by atoms with van der Waals surface area (Å²) in [4.78, 5) is 11.1. The Kier molecular flexibility index (Phi) is 4.41. The minimum atomic E-state index is -1.12. The largest absolute Gasteiger partial charge is 0.506 e. The van der Waals surface area contributed by atoms with E-state index in [1.807, 2.05) is 24.3 Å². The first-order valence-electron chi connectivity index (χ1n) is 6.78. The van der Waals surface area contributed by atoms with E-state index in [0.717, 1.165) is 30.4 Å². The van der Waals surface area contributed by atoms with Crippen molar-refractivity contribution in [2.24, 2.45) is 0 Å². The number of benzene rings is 2. The summed E-state index contributed by atoms with van der Waals surface area (Å²) in [6.07, 6.45) is 3.08. The number of hydrogen-bond acceptors (Lipinski definition) is 2. The van der Waals surface area contributed by atoms with Gasteiger partial charge in [0.15, 0.2) is 0 Å². The molecule has 0 saturated carbocycles. The van der Waals surface area contributed by atoms with Crippen molar-refractivity contribution in [3.8, 4) is 16.9 Å². The predicted molar refractivity (Wildman–Crippen MR) is 79.1 cm³/mol. The molecule has 3 heteroatoms. The van der Waals surface area contributed by atoms with Crippen LogP contribution in [0, 0.1) is 0 Å². The predicted octanol–water partition coefficient (Wildman–Crippen LogP) is 4.10. The van der Waals surface area contributed by atoms with Crippen molar-refractivity contribution in [2.75, 3.05) is 0 Å². The molecule has 2 rings (SSSR count). The van der Waals surface area contributed by atoms with Crippen molar-refractivity contribution in [1.29, 1.82) is 0 Å². The van der Waals surface area contributed by atoms with Crippen LogP contribution in [0.3, 0.4) is 0 Å². The Morgan fingerprint density at radius 2 is 1.75 bits per heavy atom. The molecule has 0 aromatic heterocycles. The first-order valence-corrected chi connectivity index (χ1v) is 6.78. The molecule has 104 valence electrons. The van der Waals surface area contributed by atoms with E-state index in [4.69, 9.17) is 5.11 Å². The summed E-state index contributed by atoms with van der Waals surface area (Å²) in [7, 11) is 0. The lowest BCUT2D eigenvalue weighted by Crippen LogP contribution is -1.98. The van der Waals surface area contributed by atoms with Crippen LogP contribution in [0.1, 0.15) is 35.7 Å². The summed E-state index contributed by atoms with van der Waals surface area (Å²) in [6, 6.07) is 12.6. The molecule has 0 atom stereocenters. The highest BCUT2D eigenvalue weighted by Gasteiger charge is 2.15. The molecule has 0 unspecified atom stereocenters. The molecular weight excluding hydrogens is 252 g/mol. The first-order chi connectivity index (χ1) is 9.65. The van der Waals surface area contributed by atoms with Crippen molar-refractivity contribution in [2.45, 2.75) is 26.2 Å². The number of carboxylic acid groups (broad SMARTS) is 1. The zero-order valence-electron chi connectivity index (χ0n) is 11.5. The number of hydrogen-bond donors (Lipinski definition) is 2. The minimum Gasteiger partial charge on any atom is -0.506 e. The molecule has 2 N–H and O–H groups in total. The third-order valence-corrected chi connectivity index (χ3v) is 3.37. The number of aromatic hydroxyl groups is 1. The van der Waals surface area contributed by atoms with Crippen molar-refractivity contribution in [3.05, 3.63) is 53.6 Å². The lowest BCUT2D eigenvalue weighted by Gasteiger charge is -2.12. The summed E-state index contributed by atoms with van der Waals surface area (Å²) >= 11 is 0. The number of para-hydroxylation sites is 1. The van der Waals surface area contributed by atoms with E-state index in [-0.39, 0.29) is 11.3 Å². The van der Waals surface area contributed by atoms with Crippen LogP contribution < -0.4 is 0 Å². The standard InChI is InChI=1S/C17H18O3/c1-2-3-7-12-8-4-5-9-13(12)14-10-6-11-15(16(14)18)17(19)20/h4-6,8-11,18H,2-3,7H2,1H3,(H,19,20). The monoisotopic (exact) mass is 270 g/mol. The molecule has 3 nitrogen and oxygen atoms in total. The number of aryl methyl sites for hydroxylation is 1. The maximum absolute atomic E-state index is 11.1. The fourth-order valence-corrected chi connectivity index (χ4v) is 2.30. The average Bonchev–Trinajstić information content (AvgIpc) is 2.45. The number of unbranched alkanes of at least 4 members (excludes halogenated alkanes) is 1. The van der Waals surface area contributed by atoms with E-state index in [1.165, 1.54) is 6.07 Å². The highest BCUT2D eigenvalue weighted by atomic mass is 16.4. The molecule has 0 saturated heterocycles. The summed E-state index contributed by atoms with van der Waals surface area (Å²) in [6.45, 7) is 2.13. The van der Waals surface area contributed by atoms with Crippen LogP contribution in [-0.2, 0) is 6.42 Å². The van der Waals surface area contributed by atoms with Gasteiger partial charge in [0.2, 0.25) is 0 Å². The number of carbonyl (C=O) groups is 1. The van der Waals surface area contributed by atoms with Crippen molar-refractivity contribution in [1.82, 2.24) is 0 Å². The van der Waals surface area contributed by atoms with Gasteiger partial charge in [-0.05, 0) is 30.0 Å². The summed E-state index contributed by atoms with van der Waals surface area (Å²) in [5.74, 6) is -1.28. The van der Waals surface area contributed by atoms with Crippen LogP contribution in [0.2, 0.25) is 0 Å². The van der Waals surface area contributed by atoms with E-state index < -0.39 is 5.97 Å². The second-order valence-corrected chi connectivity index (χ2v) is 4.77. The number of aromatic carboxylic acids is 1. The van der Waals surface area contributed by atoms with Gasteiger partial charge in [-0.15, -0.1) is 0 Å². The lowest BCUT2D eigenvalue weighted by atomic mass is 9.94. The molecule has 2 aromatic rings. The molecule has 0 bridgehead atoms. The number of rotatable bonds is 5. The van der Waals surface area contributed by atoms with Crippen molar-refractivity contribution < 1.29 is 15.0 Å². The number of carboxylic acids is 1. The zero-order chi connectivity index (χ0) is 14.5. The normalized spacial score (nSPS) is 10.4. The highest BCUT2D eigenvalue weighted by Crippen LogP contribution is 2.34. The van der Waals surface area contributed by atoms with Gasteiger partial charge in [0, 0.05) is 5.56 Å². The molecule has 0 aliphatic heterocycles. The van der Waals surface area contributed by atoms with E-state index >= 15 is 0 Å². The molecule has 0 spiro atoms. The van der Waals surface area contributed by atoms with E-state index in [9.17, 15) is 9.90 Å². The van der Waals surface area contributed by atoms with Gasteiger partial charge in [-0.2, -0.15) is 0 Å². The van der Waals surface area contributed by atoms with Crippen molar-refractivity contribution in [3.63, 3.8) is 0 Å².